The number of phenols is 3. The Balaban J connectivity index is 0.000000142. The number of phenolic OH excluding ortho intramolecular Hbond substituents is 3. The molecule has 3 N–H and O–H groups in total. The number of fused-ring (bicyclic) bond motifs is 1. The standard InChI is InChI=1S/C15H16O2.C13H14O4/c1-15(2,11-3-7-13(16)8-4-11)12-5-9-14(17)10-6-12;1-6-11(14)9(2-7-4-15-7)10(3-8-5-16-8)13-12(6)17-13/h3-10,16-17H,1-2H3;7-8,14H,2-5H2,1H3. The van der Waals surface area contributed by atoms with E-state index in [1.54, 1.807) is 24.3 Å². The Hall–Kier alpha value is -3.22. The smallest absolute Gasteiger partial charge is 0.177 e. The van der Waals surface area contributed by atoms with Gasteiger partial charge in [0.25, 0.3) is 0 Å². The molecule has 2 unspecified atom stereocenters. The van der Waals surface area contributed by atoms with Gasteiger partial charge in [0.1, 0.15) is 17.2 Å². The van der Waals surface area contributed by atoms with E-state index in [9.17, 15) is 15.3 Å². The first-order chi connectivity index (χ1) is 16.2. The number of hydrogen-bond acceptors (Lipinski definition) is 6. The summed E-state index contributed by atoms with van der Waals surface area (Å²) in [6, 6.07) is 14.4. The van der Waals surface area contributed by atoms with Gasteiger partial charge in [0, 0.05) is 34.9 Å². The molecule has 0 saturated carbocycles. The molecule has 2 atom stereocenters. The summed E-state index contributed by atoms with van der Waals surface area (Å²) >= 11 is 0. The fourth-order valence-corrected chi connectivity index (χ4v) is 4.32. The molecule has 178 valence electrons. The Morgan fingerprint density at radius 1 is 0.735 bits per heavy atom. The Bertz CT molecular complexity index is 1140. The predicted molar refractivity (Wildman–Crippen MR) is 128 cm³/mol. The molecule has 3 aliphatic rings. The highest BCUT2D eigenvalue weighted by Gasteiger charge is 2.38. The topological polar surface area (TPSA) is 98.3 Å². The van der Waals surface area contributed by atoms with Crippen molar-refractivity contribution >= 4 is 0 Å². The average molecular weight is 463 g/mol. The van der Waals surface area contributed by atoms with E-state index in [0.717, 1.165) is 65.4 Å². The van der Waals surface area contributed by atoms with E-state index in [0.29, 0.717) is 11.9 Å². The lowest BCUT2D eigenvalue weighted by Crippen LogP contribution is -2.18. The molecule has 2 saturated heterocycles. The van der Waals surface area contributed by atoms with Crippen LogP contribution in [0.5, 0.6) is 28.7 Å². The van der Waals surface area contributed by atoms with E-state index in [2.05, 4.69) is 13.8 Å². The lowest BCUT2D eigenvalue weighted by atomic mass is 9.78. The van der Waals surface area contributed by atoms with Gasteiger partial charge in [-0.25, -0.2) is 0 Å². The van der Waals surface area contributed by atoms with Gasteiger partial charge in [-0.2, -0.15) is 0 Å². The van der Waals surface area contributed by atoms with Gasteiger partial charge in [-0.3, -0.25) is 0 Å². The van der Waals surface area contributed by atoms with Gasteiger partial charge in [-0.1, -0.05) is 38.1 Å². The predicted octanol–water partition coefficient (Wildman–Crippen LogP) is 5.11. The summed E-state index contributed by atoms with van der Waals surface area (Å²) in [4.78, 5) is 0. The van der Waals surface area contributed by atoms with Gasteiger partial charge in [0.05, 0.1) is 25.4 Å². The number of ether oxygens (including phenoxy) is 3. The molecule has 6 rings (SSSR count). The van der Waals surface area contributed by atoms with Crippen LogP contribution in [0, 0.1) is 6.92 Å². The molecule has 0 aromatic heterocycles. The van der Waals surface area contributed by atoms with Gasteiger partial charge >= 0.3 is 0 Å². The first-order valence-electron chi connectivity index (χ1n) is 11.6. The van der Waals surface area contributed by atoms with Crippen LogP contribution in [0.25, 0.3) is 0 Å². The maximum Gasteiger partial charge on any atom is 0.177 e. The average Bonchev–Trinajstić information content (AvgIpc) is 3.67. The number of rotatable bonds is 6. The Morgan fingerprint density at radius 2 is 1.18 bits per heavy atom. The minimum Gasteiger partial charge on any atom is -0.508 e. The highest BCUT2D eigenvalue weighted by molar-refractivity contribution is 5.71. The van der Waals surface area contributed by atoms with Crippen molar-refractivity contribution in [1.29, 1.82) is 0 Å². The van der Waals surface area contributed by atoms with Crippen LogP contribution in [-0.4, -0.2) is 40.7 Å². The summed E-state index contributed by atoms with van der Waals surface area (Å²) in [5.74, 6) is 2.75. The number of epoxide rings is 2. The second-order valence-corrected chi connectivity index (χ2v) is 9.73. The molecule has 3 aromatic rings. The summed E-state index contributed by atoms with van der Waals surface area (Å²) in [5.41, 5.74) is 5.08. The minimum absolute atomic E-state index is 0.151. The second kappa shape index (κ2) is 8.53. The molecule has 0 aliphatic carbocycles. The molecule has 0 radical (unpaired) electrons. The molecular formula is C28H30O6. The first kappa shape index (κ1) is 22.6. The monoisotopic (exact) mass is 462 g/mol. The van der Waals surface area contributed by atoms with Crippen LogP contribution in [0.4, 0.5) is 0 Å². The molecule has 0 bridgehead atoms. The van der Waals surface area contributed by atoms with E-state index in [1.165, 1.54) is 0 Å². The van der Waals surface area contributed by atoms with Crippen LogP contribution in [0.1, 0.15) is 41.7 Å². The molecule has 3 aromatic carbocycles. The van der Waals surface area contributed by atoms with E-state index < -0.39 is 0 Å². The van der Waals surface area contributed by atoms with Crippen LogP contribution in [0.15, 0.2) is 48.5 Å². The largest absolute Gasteiger partial charge is 0.508 e. The molecule has 0 amide bonds. The van der Waals surface area contributed by atoms with Gasteiger partial charge < -0.3 is 29.5 Å². The van der Waals surface area contributed by atoms with Crippen LogP contribution in [0.2, 0.25) is 0 Å². The quantitative estimate of drug-likeness (QED) is 0.344. The molecule has 6 heteroatoms. The number of aromatic hydroxyl groups is 3. The number of hydrogen-bond donors (Lipinski definition) is 3. The van der Waals surface area contributed by atoms with Gasteiger partial charge in [-0.15, -0.1) is 0 Å². The third kappa shape index (κ3) is 4.69. The number of benzene rings is 3. The lowest BCUT2D eigenvalue weighted by Gasteiger charge is -2.26. The fraction of sp³-hybridized carbons (Fsp3) is 0.357. The summed E-state index contributed by atoms with van der Waals surface area (Å²) in [5, 5.41) is 28.8. The van der Waals surface area contributed by atoms with Crippen molar-refractivity contribution in [2.45, 2.75) is 51.2 Å². The highest BCUT2D eigenvalue weighted by Crippen LogP contribution is 2.56. The highest BCUT2D eigenvalue weighted by atomic mass is 16.6. The normalized spacial score (nSPS) is 19.4. The van der Waals surface area contributed by atoms with Gasteiger partial charge in [0.2, 0.25) is 0 Å². The SMILES string of the molecule is CC(C)(c1ccc(O)cc1)c1ccc(O)cc1.Cc1c(O)c(CC2CO2)c(CC2CO2)c2c1O2. The zero-order valence-electron chi connectivity index (χ0n) is 19.7. The third-order valence-corrected chi connectivity index (χ3v) is 6.84. The van der Waals surface area contributed by atoms with Crippen molar-refractivity contribution in [3.63, 3.8) is 0 Å². The molecule has 2 fully saturated rings. The van der Waals surface area contributed by atoms with Crippen molar-refractivity contribution < 1.29 is 29.5 Å². The van der Waals surface area contributed by atoms with E-state index in [-0.39, 0.29) is 23.0 Å². The zero-order chi connectivity index (χ0) is 24.0. The van der Waals surface area contributed by atoms with Crippen LogP contribution >= 0.6 is 0 Å². The van der Waals surface area contributed by atoms with Crippen molar-refractivity contribution in [2.75, 3.05) is 13.2 Å². The molecule has 3 aliphatic heterocycles. The van der Waals surface area contributed by atoms with Crippen molar-refractivity contribution in [1.82, 2.24) is 0 Å². The van der Waals surface area contributed by atoms with Gasteiger partial charge in [-0.05, 0) is 42.3 Å². The molecule has 34 heavy (non-hydrogen) atoms. The molecule has 6 nitrogen and oxygen atoms in total. The first-order valence-corrected chi connectivity index (χ1v) is 11.6. The van der Waals surface area contributed by atoms with E-state index >= 15 is 0 Å². The van der Waals surface area contributed by atoms with Crippen molar-refractivity contribution in [3.05, 3.63) is 76.3 Å². The second-order valence-electron chi connectivity index (χ2n) is 9.73. The Labute approximate surface area is 199 Å². The van der Waals surface area contributed by atoms with Crippen LogP contribution < -0.4 is 4.74 Å². The van der Waals surface area contributed by atoms with E-state index in [1.807, 2.05) is 31.2 Å². The maximum atomic E-state index is 10.2. The fourth-order valence-electron chi connectivity index (χ4n) is 4.32. The van der Waals surface area contributed by atoms with E-state index in [4.69, 9.17) is 14.2 Å². The summed E-state index contributed by atoms with van der Waals surface area (Å²) < 4.78 is 16.0. The van der Waals surface area contributed by atoms with Crippen LogP contribution in [-0.2, 0) is 27.7 Å². The maximum absolute atomic E-state index is 10.2. The molecular weight excluding hydrogens is 432 g/mol. The summed E-state index contributed by atoms with van der Waals surface area (Å²) in [6.07, 6.45) is 2.21. The van der Waals surface area contributed by atoms with Crippen molar-refractivity contribution in [2.24, 2.45) is 0 Å². The Morgan fingerprint density at radius 3 is 1.62 bits per heavy atom. The molecule has 3 heterocycles. The van der Waals surface area contributed by atoms with Crippen molar-refractivity contribution in [3.8, 4) is 28.7 Å². The lowest BCUT2D eigenvalue weighted by molar-refractivity contribution is 0.396. The summed E-state index contributed by atoms with van der Waals surface area (Å²) in [6.45, 7) is 7.76. The Kier molecular flexibility index (Phi) is 5.66. The van der Waals surface area contributed by atoms with Gasteiger partial charge in [0.15, 0.2) is 11.5 Å². The van der Waals surface area contributed by atoms with Crippen LogP contribution in [0.3, 0.4) is 0 Å². The minimum atomic E-state index is -0.151. The molecule has 0 spiro atoms. The zero-order valence-corrected chi connectivity index (χ0v) is 19.7. The summed E-state index contributed by atoms with van der Waals surface area (Å²) in [7, 11) is 0. The third-order valence-electron chi connectivity index (χ3n) is 6.84.